The van der Waals surface area contributed by atoms with E-state index in [2.05, 4.69) is 13.5 Å². The van der Waals surface area contributed by atoms with Crippen molar-refractivity contribution in [3.05, 3.63) is 12.2 Å². The van der Waals surface area contributed by atoms with Crippen molar-refractivity contribution in [1.29, 1.82) is 0 Å². The zero-order chi connectivity index (χ0) is 9.68. The lowest BCUT2D eigenvalue weighted by atomic mass is 10.1. The van der Waals surface area contributed by atoms with Crippen LogP contribution in [0.15, 0.2) is 12.2 Å². The van der Waals surface area contributed by atoms with Crippen LogP contribution in [0.3, 0.4) is 0 Å². The van der Waals surface area contributed by atoms with E-state index in [0.29, 0.717) is 5.92 Å². The zero-order valence-electron chi connectivity index (χ0n) is 8.59. The fourth-order valence-corrected chi connectivity index (χ4v) is 3.63. The van der Waals surface area contributed by atoms with Crippen LogP contribution in [0, 0.1) is 5.92 Å². The smallest absolute Gasteiger partial charge is 0.0998 e. The zero-order valence-corrected chi connectivity index (χ0v) is 9.48. The first kappa shape index (κ1) is 10.9. The van der Waals surface area contributed by atoms with Gasteiger partial charge in [-0.3, -0.25) is 0 Å². The molecule has 2 unspecified atom stereocenters. The highest BCUT2D eigenvalue weighted by Crippen LogP contribution is 2.36. The van der Waals surface area contributed by atoms with E-state index < -0.39 is 7.80 Å². The molecular weight excluding hydrogens is 179 g/mol. The van der Waals surface area contributed by atoms with Crippen LogP contribution in [0.4, 0.5) is 0 Å². The number of hydrogen-bond acceptors (Lipinski definition) is 1. The van der Waals surface area contributed by atoms with Crippen molar-refractivity contribution in [2.75, 3.05) is 12.3 Å². The first-order valence-electron chi connectivity index (χ1n) is 5.31. The summed E-state index contributed by atoms with van der Waals surface area (Å²) in [6, 6.07) is 0. The molecule has 74 valence electrons. The summed E-state index contributed by atoms with van der Waals surface area (Å²) in [4.78, 5) is 0. The van der Waals surface area contributed by atoms with Crippen LogP contribution in [0.2, 0.25) is 0 Å². The minimum Gasteiger partial charge on any atom is -0.0998 e. The Hall–Kier alpha value is -0.160. The molecule has 1 aliphatic rings. The van der Waals surface area contributed by atoms with Gasteiger partial charge in [0.05, 0.1) is 0 Å². The predicted molar refractivity (Wildman–Crippen MR) is 58.7 cm³/mol. The van der Waals surface area contributed by atoms with Crippen LogP contribution in [0.5, 0.6) is 0 Å². The lowest BCUT2D eigenvalue weighted by Gasteiger charge is -1.98. The molecular formula is C11H20OP+. The van der Waals surface area contributed by atoms with Crippen LogP contribution in [-0.4, -0.2) is 12.3 Å². The second kappa shape index (κ2) is 5.54. The summed E-state index contributed by atoms with van der Waals surface area (Å²) in [5.41, 5.74) is 1.36. The van der Waals surface area contributed by atoms with E-state index in [9.17, 15) is 4.57 Å². The summed E-state index contributed by atoms with van der Waals surface area (Å²) in [5.74, 6) is 0.688. The predicted octanol–water partition coefficient (Wildman–Crippen LogP) is 3.97. The normalized spacial score (nSPS) is 23.6. The number of unbranched alkanes of at least 4 members (excludes halogenated alkanes) is 1. The van der Waals surface area contributed by atoms with Crippen molar-refractivity contribution in [2.45, 2.75) is 39.0 Å². The molecule has 0 aromatic rings. The summed E-state index contributed by atoms with van der Waals surface area (Å²) < 4.78 is 11.6. The molecule has 13 heavy (non-hydrogen) atoms. The van der Waals surface area contributed by atoms with E-state index in [4.69, 9.17) is 0 Å². The first-order chi connectivity index (χ1) is 6.22. The summed E-state index contributed by atoms with van der Waals surface area (Å²) >= 11 is 0. The minimum absolute atomic E-state index is 0.688. The van der Waals surface area contributed by atoms with Gasteiger partial charge in [0.15, 0.2) is 0 Å². The Balaban J connectivity index is 2.17. The van der Waals surface area contributed by atoms with Gasteiger partial charge < -0.3 is 0 Å². The average Bonchev–Trinajstić information content (AvgIpc) is 2.48. The van der Waals surface area contributed by atoms with E-state index in [1.54, 1.807) is 0 Å². The minimum atomic E-state index is -0.908. The molecule has 1 saturated carbocycles. The van der Waals surface area contributed by atoms with E-state index in [1.165, 1.54) is 24.8 Å². The molecule has 0 bridgehead atoms. The number of allylic oxidation sites excluding steroid dienone is 1. The van der Waals surface area contributed by atoms with Crippen LogP contribution in [-0.2, 0) is 4.57 Å². The fourth-order valence-electron chi connectivity index (χ4n) is 1.89. The topological polar surface area (TPSA) is 17.1 Å². The summed E-state index contributed by atoms with van der Waals surface area (Å²) in [6.07, 6.45) is 7.71. The third-order valence-electron chi connectivity index (χ3n) is 2.71. The molecule has 0 aliphatic heterocycles. The Morgan fingerprint density at radius 1 is 1.62 bits per heavy atom. The van der Waals surface area contributed by atoms with Gasteiger partial charge >= 0.3 is 7.80 Å². The maximum atomic E-state index is 11.6. The molecule has 0 heterocycles. The van der Waals surface area contributed by atoms with E-state index in [1.807, 2.05) is 0 Å². The van der Waals surface area contributed by atoms with Gasteiger partial charge in [-0.05, 0) is 25.7 Å². The molecule has 2 atom stereocenters. The van der Waals surface area contributed by atoms with Crippen molar-refractivity contribution in [3.8, 4) is 0 Å². The standard InChI is InChI=1S/C11H20OP/c1-3-4-7-13(12)9-11-6-5-10(2)8-11/h11H,2-9H2,1H3/q+1. The van der Waals surface area contributed by atoms with Crippen LogP contribution >= 0.6 is 7.80 Å². The summed E-state index contributed by atoms with van der Waals surface area (Å²) in [6.45, 7) is 6.13. The lowest BCUT2D eigenvalue weighted by molar-refractivity contribution is 0.563. The first-order valence-corrected chi connectivity index (χ1v) is 6.94. The highest BCUT2D eigenvalue weighted by Gasteiger charge is 2.26. The van der Waals surface area contributed by atoms with Crippen LogP contribution in [0.1, 0.15) is 39.0 Å². The Morgan fingerprint density at radius 3 is 2.92 bits per heavy atom. The van der Waals surface area contributed by atoms with Gasteiger partial charge in [0, 0.05) is 5.92 Å². The molecule has 1 nitrogen and oxygen atoms in total. The summed E-state index contributed by atoms with van der Waals surface area (Å²) in [5, 5.41) is 0. The maximum absolute atomic E-state index is 11.6. The van der Waals surface area contributed by atoms with Gasteiger partial charge in [-0.25, -0.2) is 0 Å². The fraction of sp³-hybridized carbons (Fsp3) is 0.818. The molecule has 0 saturated heterocycles. The Morgan fingerprint density at radius 2 is 2.38 bits per heavy atom. The molecule has 0 aromatic carbocycles. The van der Waals surface area contributed by atoms with Crippen molar-refractivity contribution in [3.63, 3.8) is 0 Å². The van der Waals surface area contributed by atoms with Crippen LogP contribution < -0.4 is 0 Å². The van der Waals surface area contributed by atoms with Crippen molar-refractivity contribution in [1.82, 2.24) is 0 Å². The lowest BCUT2D eigenvalue weighted by Crippen LogP contribution is -1.97. The Bertz CT molecular complexity index is 198. The Kier molecular flexibility index (Phi) is 4.66. The van der Waals surface area contributed by atoms with Gasteiger partial charge in [-0.15, -0.1) is 0 Å². The molecule has 0 aromatic heterocycles. The largest absolute Gasteiger partial charge is 0.338 e. The van der Waals surface area contributed by atoms with Gasteiger partial charge in [0.1, 0.15) is 12.3 Å². The van der Waals surface area contributed by atoms with Gasteiger partial charge in [-0.1, -0.05) is 30.1 Å². The summed E-state index contributed by atoms with van der Waals surface area (Å²) in [7, 11) is -0.908. The van der Waals surface area contributed by atoms with E-state index in [-0.39, 0.29) is 0 Å². The van der Waals surface area contributed by atoms with Crippen molar-refractivity contribution < 1.29 is 4.57 Å². The average molecular weight is 199 g/mol. The van der Waals surface area contributed by atoms with Gasteiger partial charge in [0.2, 0.25) is 0 Å². The Labute approximate surface area is 82.4 Å². The third kappa shape index (κ3) is 4.04. The molecule has 0 amide bonds. The molecule has 1 fully saturated rings. The van der Waals surface area contributed by atoms with Gasteiger partial charge in [-0.2, -0.15) is 0 Å². The van der Waals surface area contributed by atoms with Crippen LogP contribution in [0.25, 0.3) is 0 Å². The van der Waals surface area contributed by atoms with E-state index >= 15 is 0 Å². The SMILES string of the molecule is C=C1CCC(C[P+](=O)CCCC)C1. The molecule has 1 rings (SSSR count). The van der Waals surface area contributed by atoms with Crippen molar-refractivity contribution in [2.24, 2.45) is 5.92 Å². The molecule has 0 spiro atoms. The van der Waals surface area contributed by atoms with Crippen molar-refractivity contribution >= 4 is 7.80 Å². The molecule has 0 N–H and O–H groups in total. The third-order valence-corrected chi connectivity index (χ3v) is 4.45. The highest BCUT2D eigenvalue weighted by molar-refractivity contribution is 7.44. The molecule has 1 aliphatic carbocycles. The molecule has 2 heteroatoms. The second-order valence-corrected chi connectivity index (χ2v) is 5.88. The number of rotatable bonds is 5. The second-order valence-electron chi connectivity index (χ2n) is 4.10. The quantitative estimate of drug-likeness (QED) is 0.483. The molecule has 0 radical (unpaired) electrons. The number of hydrogen-bond donors (Lipinski definition) is 0. The maximum Gasteiger partial charge on any atom is 0.338 e. The van der Waals surface area contributed by atoms with Gasteiger partial charge in [0.25, 0.3) is 0 Å². The van der Waals surface area contributed by atoms with E-state index in [0.717, 1.165) is 25.2 Å². The highest BCUT2D eigenvalue weighted by atomic mass is 31.1. The monoisotopic (exact) mass is 199 g/mol.